The van der Waals surface area contributed by atoms with Crippen molar-refractivity contribution in [2.45, 2.75) is 6.04 Å². The number of carbonyl (C=O) groups is 3. The summed E-state index contributed by atoms with van der Waals surface area (Å²) in [5.74, 6) is -0.350. The molecule has 0 atom stereocenters. The fraction of sp³-hybridized carbons (Fsp3) is 0.233. The van der Waals surface area contributed by atoms with Crippen LogP contribution in [0.5, 0.6) is 0 Å². The van der Waals surface area contributed by atoms with Crippen LogP contribution in [0.4, 0.5) is 0 Å². The first kappa shape index (κ1) is 23.9. The molecule has 2 fully saturated rings. The Kier molecular flexibility index (Phi) is 6.17. The molecular weight excluding hydrogens is 478 g/mol. The summed E-state index contributed by atoms with van der Waals surface area (Å²) in [5, 5.41) is 0.955. The number of benzene rings is 3. The summed E-state index contributed by atoms with van der Waals surface area (Å²) in [6.07, 6.45) is 1.93. The maximum atomic E-state index is 13.2. The lowest BCUT2D eigenvalue weighted by atomic mass is 10.0. The van der Waals surface area contributed by atoms with E-state index < -0.39 is 5.91 Å². The Balaban J connectivity index is 1.07. The number of fused-ring (bicyclic) bond motifs is 1. The van der Waals surface area contributed by atoms with Crippen LogP contribution in [0.1, 0.15) is 31.1 Å². The quantitative estimate of drug-likeness (QED) is 0.450. The number of aromatic nitrogens is 1. The van der Waals surface area contributed by atoms with Gasteiger partial charge in [0.05, 0.1) is 5.52 Å². The Labute approximate surface area is 220 Å². The number of nitrogens with two attached hydrogens (primary N) is 1. The van der Waals surface area contributed by atoms with Crippen molar-refractivity contribution in [2.24, 2.45) is 5.73 Å². The second-order valence-electron chi connectivity index (χ2n) is 9.93. The maximum absolute atomic E-state index is 13.2. The fourth-order valence-corrected chi connectivity index (χ4v) is 5.40. The van der Waals surface area contributed by atoms with E-state index >= 15 is 0 Å². The third-order valence-electron chi connectivity index (χ3n) is 7.63. The topological polar surface area (TPSA) is 91.9 Å². The van der Waals surface area contributed by atoms with Crippen molar-refractivity contribution in [2.75, 3.05) is 39.3 Å². The summed E-state index contributed by atoms with van der Waals surface area (Å²) in [4.78, 5) is 43.7. The van der Waals surface area contributed by atoms with E-state index in [0.717, 1.165) is 35.2 Å². The molecule has 8 heteroatoms. The molecule has 8 nitrogen and oxygen atoms in total. The average Bonchev–Trinajstić information content (AvgIpc) is 3.36. The van der Waals surface area contributed by atoms with Crippen molar-refractivity contribution in [1.29, 1.82) is 0 Å². The number of likely N-dealkylation sites (tertiary alicyclic amines) is 1. The summed E-state index contributed by atoms with van der Waals surface area (Å²) in [6.45, 7) is 4.45. The largest absolute Gasteiger partial charge is 0.366 e. The minimum Gasteiger partial charge on any atom is -0.366 e. The minimum absolute atomic E-state index is 0.0320. The lowest BCUT2D eigenvalue weighted by Crippen LogP contribution is -2.64. The SMILES string of the molecule is NC(=O)c1cccc(-n2ccc3cc(C(=O)N4CC(N5CCN(C(=O)c6ccccc6)CC5)C4)ccc32)c1. The molecule has 0 radical (unpaired) electrons. The number of rotatable bonds is 5. The van der Waals surface area contributed by atoms with Gasteiger partial charge in [0.2, 0.25) is 5.91 Å². The fourth-order valence-electron chi connectivity index (χ4n) is 5.40. The monoisotopic (exact) mass is 507 g/mol. The van der Waals surface area contributed by atoms with Gasteiger partial charge in [-0.05, 0) is 54.6 Å². The molecule has 3 amide bonds. The molecule has 3 heterocycles. The van der Waals surface area contributed by atoms with Crippen LogP contribution in [0.25, 0.3) is 16.6 Å². The molecule has 38 heavy (non-hydrogen) atoms. The molecule has 1 aromatic heterocycles. The van der Waals surface area contributed by atoms with E-state index in [9.17, 15) is 14.4 Å². The van der Waals surface area contributed by atoms with Gasteiger partial charge in [-0.2, -0.15) is 0 Å². The predicted octanol–water partition coefficient (Wildman–Crippen LogP) is 3.01. The van der Waals surface area contributed by atoms with Gasteiger partial charge in [-0.1, -0.05) is 24.3 Å². The Bertz CT molecular complexity index is 1520. The van der Waals surface area contributed by atoms with Crippen molar-refractivity contribution in [3.8, 4) is 5.69 Å². The molecule has 0 saturated carbocycles. The maximum Gasteiger partial charge on any atom is 0.253 e. The first-order chi connectivity index (χ1) is 18.5. The lowest BCUT2D eigenvalue weighted by Gasteiger charge is -2.48. The van der Waals surface area contributed by atoms with Crippen molar-refractivity contribution >= 4 is 28.6 Å². The molecule has 4 aromatic rings. The van der Waals surface area contributed by atoms with Gasteiger partial charge in [0.1, 0.15) is 0 Å². The van der Waals surface area contributed by atoms with Gasteiger partial charge in [0.15, 0.2) is 0 Å². The number of piperazine rings is 1. The summed E-state index contributed by atoms with van der Waals surface area (Å²) in [7, 11) is 0. The lowest BCUT2D eigenvalue weighted by molar-refractivity contribution is 0.00854. The zero-order chi connectivity index (χ0) is 26.2. The number of amides is 3. The van der Waals surface area contributed by atoms with Crippen molar-refractivity contribution < 1.29 is 14.4 Å². The van der Waals surface area contributed by atoms with Crippen molar-refractivity contribution in [3.63, 3.8) is 0 Å². The van der Waals surface area contributed by atoms with E-state index in [4.69, 9.17) is 5.73 Å². The van der Waals surface area contributed by atoms with Crippen LogP contribution in [0, 0.1) is 0 Å². The summed E-state index contributed by atoms with van der Waals surface area (Å²) < 4.78 is 1.98. The Morgan fingerprint density at radius 1 is 0.684 bits per heavy atom. The standard InChI is InChI=1S/C30H29N5O3/c31-28(36)23-7-4-8-25(18-23)35-12-11-22-17-24(9-10-27(22)35)30(38)34-19-26(20-34)32-13-15-33(16-14-32)29(37)21-5-2-1-3-6-21/h1-12,17-18,26H,13-16,19-20H2,(H2,31,36). The molecule has 192 valence electrons. The number of primary amides is 1. The van der Waals surface area contributed by atoms with Crippen LogP contribution in [-0.4, -0.2) is 82.3 Å². The van der Waals surface area contributed by atoms with Crippen LogP contribution in [-0.2, 0) is 0 Å². The third kappa shape index (κ3) is 4.43. The molecule has 0 aliphatic carbocycles. The smallest absolute Gasteiger partial charge is 0.253 e. The number of hydrogen-bond donors (Lipinski definition) is 1. The zero-order valence-electron chi connectivity index (χ0n) is 21.0. The van der Waals surface area contributed by atoms with Crippen LogP contribution in [0.3, 0.4) is 0 Å². The molecule has 2 saturated heterocycles. The van der Waals surface area contributed by atoms with Crippen LogP contribution < -0.4 is 5.73 Å². The first-order valence-electron chi connectivity index (χ1n) is 12.9. The van der Waals surface area contributed by atoms with Gasteiger partial charge in [-0.25, -0.2) is 0 Å². The third-order valence-corrected chi connectivity index (χ3v) is 7.63. The minimum atomic E-state index is -0.466. The summed E-state index contributed by atoms with van der Waals surface area (Å²) >= 11 is 0. The summed E-state index contributed by atoms with van der Waals surface area (Å²) in [5.41, 5.74) is 9.07. The van der Waals surface area contributed by atoms with Crippen LogP contribution in [0.2, 0.25) is 0 Å². The Morgan fingerprint density at radius 2 is 1.39 bits per heavy atom. The highest BCUT2D eigenvalue weighted by Crippen LogP contribution is 2.25. The highest BCUT2D eigenvalue weighted by molar-refractivity contribution is 5.99. The van der Waals surface area contributed by atoms with Gasteiger partial charge in [0.25, 0.3) is 11.8 Å². The first-order valence-corrected chi connectivity index (χ1v) is 12.9. The molecule has 6 rings (SSSR count). The highest BCUT2D eigenvalue weighted by Gasteiger charge is 2.37. The molecule has 0 spiro atoms. The molecule has 2 N–H and O–H groups in total. The molecule has 2 aliphatic heterocycles. The number of carbonyl (C=O) groups excluding carboxylic acids is 3. The second-order valence-corrected chi connectivity index (χ2v) is 9.93. The average molecular weight is 508 g/mol. The van der Waals surface area contributed by atoms with Gasteiger partial charge >= 0.3 is 0 Å². The van der Waals surface area contributed by atoms with E-state index in [1.165, 1.54) is 0 Å². The molecule has 0 bridgehead atoms. The van der Waals surface area contributed by atoms with Crippen LogP contribution in [0.15, 0.2) is 85.1 Å². The molecule has 3 aromatic carbocycles. The van der Waals surface area contributed by atoms with Gasteiger partial charge in [-0.3, -0.25) is 19.3 Å². The normalized spacial score (nSPS) is 16.4. The van der Waals surface area contributed by atoms with Crippen molar-refractivity contribution in [3.05, 3.63) is 102 Å². The zero-order valence-corrected chi connectivity index (χ0v) is 21.0. The van der Waals surface area contributed by atoms with Gasteiger partial charge in [0, 0.05) is 79.3 Å². The second kappa shape index (κ2) is 9.79. The Morgan fingerprint density at radius 3 is 2.13 bits per heavy atom. The molecule has 2 aliphatic rings. The van der Waals surface area contributed by atoms with E-state index in [2.05, 4.69) is 4.90 Å². The molecular formula is C30H29N5O3. The predicted molar refractivity (Wildman–Crippen MR) is 145 cm³/mol. The number of nitrogens with zero attached hydrogens (tertiary/aromatic N) is 4. The van der Waals surface area contributed by atoms with Gasteiger partial charge in [-0.15, -0.1) is 0 Å². The van der Waals surface area contributed by atoms with E-state index in [1.54, 1.807) is 18.2 Å². The van der Waals surface area contributed by atoms with Crippen LogP contribution >= 0.6 is 0 Å². The van der Waals surface area contributed by atoms with E-state index in [1.807, 2.05) is 81.2 Å². The van der Waals surface area contributed by atoms with Gasteiger partial charge < -0.3 is 20.1 Å². The molecule has 0 unspecified atom stereocenters. The van der Waals surface area contributed by atoms with E-state index in [0.29, 0.717) is 43.3 Å². The van der Waals surface area contributed by atoms with E-state index in [-0.39, 0.29) is 11.8 Å². The highest BCUT2D eigenvalue weighted by atomic mass is 16.2. The summed E-state index contributed by atoms with van der Waals surface area (Å²) in [6, 6.07) is 24.6. The Hall–Kier alpha value is -4.43. The van der Waals surface area contributed by atoms with Crippen molar-refractivity contribution in [1.82, 2.24) is 19.3 Å². The number of hydrogen-bond acceptors (Lipinski definition) is 4.